The average molecular weight is 287 g/mol. The van der Waals surface area contributed by atoms with Crippen molar-refractivity contribution in [3.05, 3.63) is 34.6 Å². The second kappa shape index (κ2) is 7.89. The molecular formula is C14H16ClFO3. The lowest BCUT2D eigenvalue weighted by Gasteiger charge is -2.04. The van der Waals surface area contributed by atoms with Gasteiger partial charge in [-0.2, -0.15) is 0 Å². The van der Waals surface area contributed by atoms with E-state index < -0.39 is 5.82 Å². The summed E-state index contributed by atoms with van der Waals surface area (Å²) in [6.45, 7) is 2.02. The van der Waals surface area contributed by atoms with Crippen molar-refractivity contribution < 1.29 is 18.7 Å². The highest BCUT2D eigenvalue weighted by Gasteiger charge is 2.09. The maximum atomic E-state index is 13.4. The Morgan fingerprint density at radius 3 is 2.63 bits per heavy atom. The molecule has 0 aliphatic carbocycles. The minimum Gasteiger partial charge on any atom is -0.466 e. The molecule has 0 saturated carbocycles. The number of hydrogen-bond donors (Lipinski definition) is 0. The zero-order valence-electron chi connectivity index (χ0n) is 10.7. The second-order valence-corrected chi connectivity index (χ2v) is 4.52. The van der Waals surface area contributed by atoms with Gasteiger partial charge in [0.15, 0.2) is 0 Å². The summed E-state index contributed by atoms with van der Waals surface area (Å²) in [5, 5.41) is 0.329. The number of hydrogen-bond acceptors (Lipinski definition) is 3. The third-order valence-corrected chi connectivity index (χ3v) is 2.84. The number of carbonyl (C=O) groups is 2. The minimum absolute atomic E-state index is 0.0791. The molecule has 0 fully saturated rings. The van der Waals surface area contributed by atoms with Gasteiger partial charge in [-0.3, -0.25) is 9.59 Å². The van der Waals surface area contributed by atoms with Gasteiger partial charge in [-0.05, 0) is 31.0 Å². The van der Waals surface area contributed by atoms with Gasteiger partial charge in [0, 0.05) is 17.9 Å². The van der Waals surface area contributed by atoms with Crippen molar-refractivity contribution in [2.45, 2.75) is 32.6 Å². The van der Waals surface area contributed by atoms with Gasteiger partial charge >= 0.3 is 5.97 Å². The van der Waals surface area contributed by atoms with E-state index in [2.05, 4.69) is 0 Å². The Bertz CT molecular complexity index is 460. The van der Waals surface area contributed by atoms with Gasteiger partial charge in [-0.25, -0.2) is 4.39 Å². The number of esters is 1. The van der Waals surface area contributed by atoms with Crippen LogP contribution in [0, 0.1) is 5.82 Å². The number of carbonyl (C=O) groups excluding carboxylic acids is 2. The van der Waals surface area contributed by atoms with Gasteiger partial charge in [0.2, 0.25) is 0 Å². The molecule has 1 rings (SSSR count). The van der Waals surface area contributed by atoms with Crippen LogP contribution in [-0.4, -0.2) is 18.4 Å². The molecular weight excluding hydrogens is 271 g/mol. The molecule has 0 spiro atoms. The smallest absolute Gasteiger partial charge is 0.306 e. The standard InChI is InChI=1S/C14H16ClFO3/c1-2-19-14(18)8-7-12(17)6-4-10-3-5-11(15)9-13(10)16/h3,5,9H,2,4,6-8H2,1H3. The first-order valence-corrected chi connectivity index (χ1v) is 6.52. The van der Waals surface area contributed by atoms with Crippen molar-refractivity contribution in [3.8, 4) is 0 Å². The van der Waals surface area contributed by atoms with Gasteiger partial charge in [0.05, 0.1) is 13.0 Å². The first kappa shape index (κ1) is 15.6. The molecule has 5 heteroatoms. The lowest BCUT2D eigenvalue weighted by molar-refractivity contribution is -0.144. The van der Waals surface area contributed by atoms with Gasteiger partial charge < -0.3 is 4.74 Å². The Labute approximate surface area is 116 Å². The zero-order valence-corrected chi connectivity index (χ0v) is 11.5. The van der Waals surface area contributed by atoms with Crippen molar-refractivity contribution in [2.24, 2.45) is 0 Å². The molecule has 0 heterocycles. The molecule has 0 saturated heterocycles. The van der Waals surface area contributed by atoms with Crippen molar-refractivity contribution >= 4 is 23.4 Å². The summed E-state index contributed by atoms with van der Waals surface area (Å²) in [7, 11) is 0. The van der Waals surface area contributed by atoms with Gasteiger partial charge in [-0.1, -0.05) is 17.7 Å². The molecule has 0 aliphatic rings. The van der Waals surface area contributed by atoms with Crippen molar-refractivity contribution in [1.29, 1.82) is 0 Å². The van der Waals surface area contributed by atoms with E-state index in [1.165, 1.54) is 6.07 Å². The number of Topliss-reactive ketones (excluding diaryl/α,β-unsaturated/α-hetero) is 1. The van der Waals surface area contributed by atoms with Crippen LogP contribution in [0.15, 0.2) is 18.2 Å². The van der Waals surface area contributed by atoms with Crippen molar-refractivity contribution in [3.63, 3.8) is 0 Å². The van der Waals surface area contributed by atoms with Crippen molar-refractivity contribution in [1.82, 2.24) is 0 Å². The largest absolute Gasteiger partial charge is 0.466 e. The summed E-state index contributed by atoms with van der Waals surface area (Å²) < 4.78 is 18.2. The Kier molecular flexibility index (Phi) is 6.50. The predicted octanol–water partition coefficient (Wildman–Crippen LogP) is 3.32. The molecule has 3 nitrogen and oxygen atoms in total. The van der Waals surface area contributed by atoms with Crippen LogP contribution in [0.4, 0.5) is 4.39 Å². The van der Waals surface area contributed by atoms with E-state index in [1.54, 1.807) is 19.1 Å². The summed E-state index contributed by atoms with van der Waals surface area (Å²) in [5.74, 6) is -0.874. The third kappa shape index (κ3) is 5.83. The summed E-state index contributed by atoms with van der Waals surface area (Å²) in [4.78, 5) is 22.6. The van der Waals surface area contributed by atoms with Gasteiger partial charge in [0.1, 0.15) is 11.6 Å². The lowest BCUT2D eigenvalue weighted by Crippen LogP contribution is -2.08. The molecule has 0 amide bonds. The molecule has 0 bridgehead atoms. The van der Waals surface area contributed by atoms with E-state index >= 15 is 0 Å². The molecule has 104 valence electrons. The Balaban J connectivity index is 2.36. The fraction of sp³-hybridized carbons (Fsp3) is 0.429. The number of aryl methyl sites for hydroxylation is 1. The van der Waals surface area contributed by atoms with Gasteiger partial charge in [-0.15, -0.1) is 0 Å². The molecule has 0 unspecified atom stereocenters. The normalized spacial score (nSPS) is 10.3. The number of halogens is 2. The summed E-state index contributed by atoms with van der Waals surface area (Å²) in [5.41, 5.74) is 0.453. The summed E-state index contributed by atoms with van der Waals surface area (Å²) in [6.07, 6.45) is 0.729. The van der Waals surface area contributed by atoms with E-state index in [0.717, 1.165) is 0 Å². The first-order chi connectivity index (χ1) is 9.02. The van der Waals surface area contributed by atoms with E-state index in [-0.39, 0.29) is 31.0 Å². The van der Waals surface area contributed by atoms with Crippen molar-refractivity contribution in [2.75, 3.05) is 6.61 Å². The maximum absolute atomic E-state index is 13.4. The first-order valence-electron chi connectivity index (χ1n) is 6.14. The van der Waals surface area contributed by atoms with Crippen LogP contribution in [0.5, 0.6) is 0 Å². The van der Waals surface area contributed by atoms with Gasteiger partial charge in [0.25, 0.3) is 0 Å². The molecule has 0 aliphatic heterocycles. The third-order valence-electron chi connectivity index (χ3n) is 2.60. The number of benzene rings is 1. The predicted molar refractivity (Wildman–Crippen MR) is 70.6 cm³/mol. The molecule has 19 heavy (non-hydrogen) atoms. The van der Waals surface area contributed by atoms with Crippen LogP contribution in [0.3, 0.4) is 0 Å². The van der Waals surface area contributed by atoms with E-state index in [9.17, 15) is 14.0 Å². The fourth-order valence-corrected chi connectivity index (χ4v) is 1.76. The summed E-state index contributed by atoms with van der Waals surface area (Å²) >= 11 is 5.64. The molecule has 1 aromatic rings. The number of rotatable bonds is 7. The highest BCUT2D eigenvalue weighted by Crippen LogP contribution is 2.16. The average Bonchev–Trinajstić information content (AvgIpc) is 2.35. The monoisotopic (exact) mass is 286 g/mol. The molecule has 0 aromatic heterocycles. The van der Waals surface area contributed by atoms with Crippen LogP contribution in [0.2, 0.25) is 5.02 Å². The Hall–Kier alpha value is -1.42. The Morgan fingerprint density at radius 1 is 1.26 bits per heavy atom. The SMILES string of the molecule is CCOC(=O)CCC(=O)CCc1ccc(Cl)cc1F. The lowest BCUT2D eigenvalue weighted by atomic mass is 10.0. The van der Waals surface area contributed by atoms with E-state index in [4.69, 9.17) is 16.3 Å². The highest BCUT2D eigenvalue weighted by atomic mass is 35.5. The van der Waals surface area contributed by atoms with Crippen LogP contribution in [-0.2, 0) is 20.7 Å². The zero-order chi connectivity index (χ0) is 14.3. The fourth-order valence-electron chi connectivity index (χ4n) is 1.60. The quantitative estimate of drug-likeness (QED) is 0.722. The molecule has 1 aromatic carbocycles. The van der Waals surface area contributed by atoms with Crippen LogP contribution in [0.25, 0.3) is 0 Å². The minimum atomic E-state index is -0.411. The maximum Gasteiger partial charge on any atom is 0.306 e. The Morgan fingerprint density at radius 2 is 2.00 bits per heavy atom. The van der Waals surface area contributed by atoms with Crippen LogP contribution < -0.4 is 0 Å². The number of ether oxygens (including phenoxy) is 1. The highest BCUT2D eigenvalue weighted by molar-refractivity contribution is 6.30. The molecule has 0 atom stereocenters. The molecule has 0 radical (unpaired) electrons. The van der Waals surface area contributed by atoms with Crippen LogP contribution in [0.1, 0.15) is 31.7 Å². The summed E-state index contributed by atoms with van der Waals surface area (Å²) in [6, 6.07) is 4.37. The van der Waals surface area contributed by atoms with E-state index in [0.29, 0.717) is 23.6 Å². The second-order valence-electron chi connectivity index (χ2n) is 4.08. The molecule has 0 N–H and O–H groups in total. The van der Waals surface area contributed by atoms with Crippen LogP contribution >= 0.6 is 11.6 Å². The topological polar surface area (TPSA) is 43.4 Å². The van der Waals surface area contributed by atoms with E-state index in [1.807, 2.05) is 0 Å². The number of ketones is 1.